The molecule has 1 aliphatic rings. The highest BCUT2D eigenvalue weighted by molar-refractivity contribution is 5.77. The zero-order chi connectivity index (χ0) is 21.5. The van der Waals surface area contributed by atoms with E-state index in [4.69, 9.17) is 18.9 Å². The molecule has 0 radical (unpaired) electrons. The molecular formula is C23H26O6. The van der Waals surface area contributed by atoms with Crippen LogP contribution in [0.1, 0.15) is 60.3 Å². The van der Waals surface area contributed by atoms with Crippen LogP contribution < -0.4 is 14.2 Å². The van der Waals surface area contributed by atoms with Gasteiger partial charge >= 0.3 is 11.9 Å². The summed E-state index contributed by atoms with van der Waals surface area (Å²) < 4.78 is 23.5. The van der Waals surface area contributed by atoms with Gasteiger partial charge in [0.25, 0.3) is 0 Å². The Morgan fingerprint density at radius 3 is 2.14 bits per heavy atom. The number of hydrogen-bond acceptors (Lipinski definition) is 6. The fourth-order valence-corrected chi connectivity index (χ4v) is 3.86. The van der Waals surface area contributed by atoms with Gasteiger partial charge in [-0.25, -0.2) is 0 Å². The molecule has 0 amide bonds. The van der Waals surface area contributed by atoms with E-state index in [-0.39, 0.29) is 0 Å². The molecule has 0 aromatic heterocycles. The van der Waals surface area contributed by atoms with E-state index in [1.165, 1.54) is 13.8 Å². The average Bonchev–Trinajstić information content (AvgIpc) is 2.62. The molecule has 2 aromatic carbocycles. The molecular weight excluding hydrogens is 372 g/mol. The zero-order valence-electron chi connectivity index (χ0n) is 17.9. The number of fused-ring (bicyclic) bond motifs is 2. The van der Waals surface area contributed by atoms with E-state index in [2.05, 4.69) is 0 Å². The van der Waals surface area contributed by atoms with Crippen molar-refractivity contribution < 1.29 is 28.5 Å². The van der Waals surface area contributed by atoms with Gasteiger partial charge in [-0.05, 0) is 46.2 Å². The Bertz CT molecular complexity index is 1010. The van der Waals surface area contributed by atoms with Crippen LogP contribution in [0.3, 0.4) is 0 Å². The third-order valence-electron chi connectivity index (χ3n) is 4.87. The van der Waals surface area contributed by atoms with Gasteiger partial charge in [0.15, 0.2) is 0 Å². The number of aryl methyl sites for hydroxylation is 2. The van der Waals surface area contributed by atoms with Crippen molar-refractivity contribution in [2.45, 2.75) is 54.6 Å². The standard InChI is InChI=1S/C23H26O6/c1-8-26-23-17-10-11(2)9-12(3)19(17)29-22-14(5)20(27-15(6)24)13(4)21(18(22)23)28-16(7)25/h9-10,23H,8H2,1-7H3. The van der Waals surface area contributed by atoms with E-state index in [0.717, 1.165) is 16.7 Å². The summed E-state index contributed by atoms with van der Waals surface area (Å²) in [5.41, 5.74) is 4.76. The quantitative estimate of drug-likeness (QED) is 0.533. The molecule has 3 rings (SSSR count). The second-order valence-corrected chi connectivity index (χ2v) is 7.28. The van der Waals surface area contributed by atoms with Gasteiger partial charge in [-0.15, -0.1) is 0 Å². The number of esters is 2. The Morgan fingerprint density at radius 2 is 1.55 bits per heavy atom. The second kappa shape index (κ2) is 7.87. The lowest BCUT2D eigenvalue weighted by Crippen LogP contribution is -2.19. The molecule has 6 heteroatoms. The predicted octanol–water partition coefficient (Wildman–Crippen LogP) is 5.00. The molecule has 1 unspecified atom stereocenters. The number of carbonyl (C=O) groups excluding carboxylic acids is 2. The molecule has 6 nitrogen and oxygen atoms in total. The van der Waals surface area contributed by atoms with Crippen LogP contribution in [0.5, 0.6) is 23.0 Å². The van der Waals surface area contributed by atoms with Crippen molar-refractivity contribution in [3.05, 3.63) is 45.5 Å². The Morgan fingerprint density at radius 1 is 0.931 bits per heavy atom. The van der Waals surface area contributed by atoms with Crippen LogP contribution in [-0.2, 0) is 14.3 Å². The van der Waals surface area contributed by atoms with E-state index in [9.17, 15) is 9.59 Å². The van der Waals surface area contributed by atoms with Crippen LogP contribution in [0, 0.1) is 27.7 Å². The van der Waals surface area contributed by atoms with Crippen LogP contribution in [0.15, 0.2) is 12.1 Å². The molecule has 0 fully saturated rings. The smallest absolute Gasteiger partial charge is 0.308 e. The van der Waals surface area contributed by atoms with Crippen molar-refractivity contribution >= 4 is 11.9 Å². The minimum Gasteiger partial charge on any atom is -0.456 e. The van der Waals surface area contributed by atoms with E-state index < -0.39 is 18.0 Å². The maximum Gasteiger partial charge on any atom is 0.308 e. The highest BCUT2D eigenvalue weighted by Crippen LogP contribution is 2.55. The highest BCUT2D eigenvalue weighted by atomic mass is 16.6. The summed E-state index contributed by atoms with van der Waals surface area (Å²) in [6.45, 7) is 12.6. The summed E-state index contributed by atoms with van der Waals surface area (Å²) in [7, 11) is 0. The average molecular weight is 398 g/mol. The number of ether oxygens (including phenoxy) is 4. The normalized spacial score (nSPS) is 14.5. The lowest BCUT2D eigenvalue weighted by Gasteiger charge is -2.33. The minimum atomic E-state index is -0.477. The number of hydrogen-bond donors (Lipinski definition) is 0. The van der Waals surface area contributed by atoms with Crippen LogP contribution in [0.4, 0.5) is 0 Å². The van der Waals surface area contributed by atoms with Crippen LogP contribution in [0.2, 0.25) is 0 Å². The molecule has 0 N–H and O–H groups in total. The zero-order valence-corrected chi connectivity index (χ0v) is 17.9. The summed E-state index contributed by atoms with van der Waals surface area (Å²) in [5, 5.41) is 0. The third-order valence-corrected chi connectivity index (χ3v) is 4.87. The van der Waals surface area contributed by atoms with Gasteiger partial charge in [0, 0.05) is 37.1 Å². The number of benzene rings is 2. The molecule has 2 aromatic rings. The second-order valence-electron chi connectivity index (χ2n) is 7.28. The fraction of sp³-hybridized carbons (Fsp3) is 0.391. The first kappa shape index (κ1) is 20.9. The molecule has 1 aliphatic heterocycles. The third kappa shape index (κ3) is 3.72. The van der Waals surface area contributed by atoms with Crippen LogP contribution >= 0.6 is 0 Å². The summed E-state index contributed by atoms with van der Waals surface area (Å²) in [6, 6.07) is 4.06. The van der Waals surface area contributed by atoms with E-state index in [1.54, 1.807) is 6.92 Å². The first-order valence-electron chi connectivity index (χ1n) is 9.60. The van der Waals surface area contributed by atoms with Gasteiger partial charge in [-0.2, -0.15) is 0 Å². The summed E-state index contributed by atoms with van der Waals surface area (Å²) in [5.74, 6) is 0.884. The van der Waals surface area contributed by atoms with Gasteiger partial charge in [-0.3, -0.25) is 9.59 Å². The van der Waals surface area contributed by atoms with Crippen molar-refractivity contribution in [2.75, 3.05) is 6.61 Å². The Kier molecular flexibility index (Phi) is 5.66. The van der Waals surface area contributed by atoms with Gasteiger partial charge in [0.2, 0.25) is 0 Å². The number of carbonyl (C=O) groups is 2. The lowest BCUT2D eigenvalue weighted by molar-refractivity contribution is -0.132. The van der Waals surface area contributed by atoms with Gasteiger partial charge < -0.3 is 18.9 Å². The maximum absolute atomic E-state index is 11.9. The summed E-state index contributed by atoms with van der Waals surface area (Å²) in [4.78, 5) is 23.6. The van der Waals surface area contributed by atoms with Crippen molar-refractivity contribution in [2.24, 2.45) is 0 Å². The van der Waals surface area contributed by atoms with Gasteiger partial charge in [0.1, 0.15) is 29.1 Å². The molecule has 0 aliphatic carbocycles. The Balaban J connectivity index is 2.37. The summed E-state index contributed by atoms with van der Waals surface area (Å²) in [6.07, 6.45) is -0.476. The fourth-order valence-electron chi connectivity index (χ4n) is 3.86. The van der Waals surface area contributed by atoms with Crippen molar-refractivity contribution in [1.82, 2.24) is 0 Å². The SMILES string of the molecule is CCOC1c2cc(C)cc(C)c2Oc2c(C)c(OC(C)=O)c(C)c(OC(C)=O)c21. The predicted molar refractivity (Wildman–Crippen MR) is 108 cm³/mol. The molecule has 29 heavy (non-hydrogen) atoms. The topological polar surface area (TPSA) is 71.1 Å². The molecule has 0 bridgehead atoms. The minimum absolute atomic E-state index is 0.303. The summed E-state index contributed by atoms with van der Waals surface area (Å²) >= 11 is 0. The maximum atomic E-state index is 11.9. The van der Waals surface area contributed by atoms with Crippen LogP contribution in [-0.4, -0.2) is 18.5 Å². The van der Waals surface area contributed by atoms with Crippen LogP contribution in [0.25, 0.3) is 0 Å². The molecule has 154 valence electrons. The van der Waals surface area contributed by atoms with E-state index >= 15 is 0 Å². The van der Waals surface area contributed by atoms with E-state index in [1.807, 2.05) is 39.8 Å². The molecule has 0 spiro atoms. The molecule has 0 saturated carbocycles. The van der Waals surface area contributed by atoms with Gasteiger partial charge in [0.05, 0.1) is 5.56 Å². The van der Waals surface area contributed by atoms with Gasteiger partial charge in [-0.1, -0.05) is 11.6 Å². The van der Waals surface area contributed by atoms with Crippen molar-refractivity contribution in [1.29, 1.82) is 0 Å². The largest absolute Gasteiger partial charge is 0.456 e. The molecule has 1 heterocycles. The highest BCUT2D eigenvalue weighted by Gasteiger charge is 2.37. The van der Waals surface area contributed by atoms with Crippen molar-refractivity contribution in [3.8, 4) is 23.0 Å². The Labute approximate surface area is 170 Å². The molecule has 1 atom stereocenters. The molecule has 0 saturated heterocycles. The van der Waals surface area contributed by atoms with Crippen molar-refractivity contribution in [3.63, 3.8) is 0 Å². The van der Waals surface area contributed by atoms with E-state index in [0.29, 0.717) is 46.3 Å². The monoisotopic (exact) mass is 398 g/mol. The Hall–Kier alpha value is -2.86. The lowest BCUT2D eigenvalue weighted by atomic mass is 9.89. The first-order chi connectivity index (χ1) is 13.6. The first-order valence-corrected chi connectivity index (χ1v) is 9.60. The number of rotatable bonds is 4.